The molecule has 4 N–H and O–H groups in total. The summed E-state index contributed by atoms with van der Waals surface area (Å²) in [6, 6.07) is 0. The Balaban J connectivity index is 4.10. The summed E-state index contributed by atoms with van der Waals surface area (Å²) in [6.45, 7) is 7.25. The number of hydrogen-bond donors (Lipinski definition) is 3. The van der Waals surface area contributed by atoms with Crippen molar-refractivity contribution in [3.05, 3.63) is 0 Å². The number of aliphatic carboxylic acids is 1. The largest absolute Gasteiger partial charge is 0.481 e. The lowest BCUT2D eigenvalue weighted by Crippen LogP contribution is -2.36. The number of rotatable bonds is 12. The van der Waals surface area contributed by atoms with Gasteiger partial charge in [0.2, 0.25) is 5.91 Å². The standard InChI is InChI=1S/C16H32N2O3/c1-4-5-13(6-7-15(19)20)8-9-18-16(21)14(11-17)10-12(2)3/h12-14H,4-11,17H2,1-3H3,(H,18,21)(H,19,20). The van der Waals surface area contributed by atoms with Gasteiger partial charge in [0.15, 0.2) is 0 Å². The molecule has 0 radical (unpaired) electrons. The van der Waals surface area contributed by atoms with Crippen LogP contribution in [-0.4, -0.2) is 30.1 Å². The Morgan fingerprint density at radius 1 is 1.19 bits per heavy atom. The van der Waals surface area contributed by atoms with Crippen LogP contribution in [0, 0.1) is 17.8 Å². The molecule has 0 saturated heterocycles. The zero-order chi connectivity index (χ0) is 16.3. The second kappa shape index (κ2) is 11.5. The fourth-order valence-corrected chi connectivity index (χ4v) is 2.59. The monoisotopic (exact) mass is 300 g/mol. The molecule has 0 aromatic rings. The molecule has 124 valence electrons. The van der Waals surface area contributed by atoms with Gasteiger partial charge in [0, 0.05) is 19.5 Å². The Hall–Kier alpha value is -1.10. The van der Waals surface area contributed by atoms with Gasteiger partial charge in [-0.1, -0.05) is 33.6 Å². The second-order valence-electron chi connectivity index (χ2n) is 6.23. The maximum Gasteiger partial charge on any atom is 0.303 e. The van der Waals surface area contributed by atoms with Gasteiger partial charge in [-0.15, -0.1) is 0 Å². The van der Waals surface area contributed by atoms with E-state index in [1.54, 1.807) is 0 Å². The van der Waals surface area contributed by atoms with Crippen LogP contribution >= 0.6 is 0 Å². The molecular formula is C16H32N2O3. The zero-order valence-electron chi connectivity index (χ0n) is 13.7. The van der Waals surface area contributed by atoms with Crippen LogP contribution in [-0.2, 0) is 9.59 Å². The van der Waals surface area contributed by atoms with E-state index in [2.05, 4.69) is 26.1 Å². The van der Waals surface area contributed by atoms with Crippen molar-refractivity contribution in [2.24, 2.45) is 23.5 Å². The molecule has 0 saturated carbocycles. The average Bonchev–Trinajstić information content (AvgIpc) is 2.41. The maximum atomic E-state index is 12.0. The van der Waals surface area contributed by atoms with E-state index in [0.29, 0.717) is 31.3 Å². The summed E-state index contributed by atoms with van der Waals surface area (Å²) in [6.07, 6.45) is 4.58. The number of carbonyl (C=O) groups excluding carboxylic acids is 1. The zero-order valence-corrected chi connectivity index (χ0v) is 13.7. The van der Waals surface area contributed by atoms with Crippen LogP contribution in [0.2, 0.25) is 0 Å². The first-order valence-electron chi connectivity index (χ1n) is 8.10. The van der Waals surface area contributed by atoms with E-state index >= 15 is 0 Å². The first-order chi connectivity index (χ1) is 9.90. The number of nitrogens with one attached hydrogen (secondary N) is 1. The summed E-state index contributed by atoms with van der Waals surface area (Å²) < 4.78 is 0. The fourth-order valence-electron chi connectivity index (χ4n) is 2.59. The maximum absolute atomic E-state index is 12.0. The van der Waals surface area contributed by atoms with Gasteiger partial charge >= 0.3 is 5.97 Å². The molecular weight excluding hydrogens is 268 g/mol. The number of hydrogen-bond acceptors (Lipinski definition) is 3. The molecule has 0 aliphatic heterocycles. The molecule has 5 heteroatoms. The second-order valence-corrected chi connectivity index (χ2v) is 6.23. The molecule has 0 aliphatic rings. The molecule has 0 aliphatic carbocycles. The van der Waals surface area contributed by atoms with Crippen LogP contribution in [0.4, 0.5) is 0 Å². The highest BCUT2D eigenvalue weighted by Crippen LogP contribution is 2.17. The Bertz CT molecular complexity index is 306. The van der Waals surface area contributed by atoms with Gasteiger partial charge in [0.05, 0.1) is 5.92 Å². The van der Waals surface area contributed by atoms with E-state index in [-0.39, 0.29) is 18.2 Å². The minimum absolute atomic E-state index is 0.0275. The van der Waals surface area contributed by atoms with Crippen LogP contribution in [0.25, 0.3) is 0 Å². The van der Waals surface area contributed by atoms with Crippen molar-refractivity contribution in [2.75, 3.05) is 13.1 Å². The van der Waals surface area contributed by atoms with Crippen molar-refractivity contribution in [1.29, 1.82) is 0 Å². The summed E-state index contributed by atoms with van der Waals surface area (Å²) in [5.41, 5.74) is 5.66. The first kappa shape index (κ1) is 19.9. The van der Waals surface area contributed by atoms with Crippen molar-refractivity contribution in [3.63, 3.8) is 0 Å². The Morgan fingerprint density at radius 2 is 1.86 bits per heavy atom. The molecule has 0 fully saturated rings. The lowest BCUT2D eigenvalue weighted by molar-refractivity contribution is -0.137. The van der Waals surface area contributed by atoms with Crippen LogP contribution in [0.5, 0.6) is 0 Å². The van der Waals surface area contributed by atoms with E-state index < -0.39 is 5.97 Å². The van der Waals surface area contributed by atoms with E-state index in [0.717, 1.165) is 25.7 Å². The highest BCUT2D eigenvalue weighted by molar-refractivity contribution is 5.78. The van der Waals surface area contributed by atoms with Gasteiger partial charge in [-0.3, -0.25) is 9.59 Å². The third kappa shape index (κ3) is 10.3. The smallest absolute Gasteiger partial charge is 0.303 e. The molecule has 0 spiro atoms. The number of carboxylic acids is 1. The van der Waals surface area contributed by atoms with E-state index in [9.17, 15) is 9.59 Å². The third-order valence-corrected chi connectivity index (χ3v) is 3.73. The molecule has 1 amide bonds. The number of carboxylic acid groups (broad SMARTS) is 1. The average molecular weight is 300 g/mol. The van der Waals surface area contributed by atoms with Crippen LogP contribution in [0.15, 0.2) is 0 Å². The highest BCUT2D eigenvalue weighted by atomic mass is 16.4. The van der Waals surface area contributed by atoms with Crippen molar-refractivity contribution in [3.8, 4) is 0 Å². The molecule has 0 heterocycles. The van der Waals surface area contributed by atoms with Crippen LogP contribution < -0.4 is 11.1 Å². The van der Waals surface area contributed by atoms with Gasteiger partial charge in [-0.05, 0) is 31.1 Å². The van der Waals surface area contributed by atoms with Gasteiger partial charge < -0.3 is 16.2 Å². The molecule has 2 atom stereocenters. The van der Waals surface area contributed by atoms with Gasteiger partial charge in [-0.2, -0.15) is 0 Å². The topological polar surface area (TPSA) is 92.4 Å². The summed E-state index contributed by atoms with van der Waals surface area (Å²) >= 11 is 0. The fraction of sp³-hybridized carbons (Fsp3) is 0.875. The number of carbonyl (C=O) groups is 2. The molecule has 0 rings (SSSR count). The lowest BCUT2D eigenvalue weighted by atomic mass is 9.94. The van der Waals surface area contributed by atoms with Gasteiger partial charge in [0.1, 0.15) is 0 Å². The quantitative estimate of drug-likeness (QED) is 0.516. The summed E-state index contributed by atoms with van der Waals surface area (Å²) in [5.74, 6) is -0.0193. The predicted octanol–water partition coefficient (Wildman–Crippen LogP) is 2.39. The Kier molecular flexibility index (Phi) is 10.9. The number of nitrogens with two attached hydrogens (primary N) is 1. The summed E-state index contributed by atoms with van der Waals surface area (Å²) in [7, 11) is 0. The summed E-state index contributed by atoms with van der Waals surface area (Å²) in [5, 5.41) is 11.7. The molecule has 5 nitrogen and oxygen atoms in total. The van der Waals surface area contributed by atoms with Crippen molar-refractivity contribution in [2.45, 2.75) is 59.3 Å². The molecule has 21 heavy (non-hydrogen) atoms. The van der Waals surface area contributed by atoms with E-state index in [1.165, 1.54) is 0 Å². The summed E-state index contributed by atoms with van der Waals surface area (Å²) in [4.78, 5) is 22.7. The highest BCUT2D eigenvalue weighted by Gasteiger charge is 2.18. The van der Waals surface area contributed by atoms with Crippen molar-refractivity contribution < 1.29 is 14.7 Å². The lowest BCUT2D eigenvalue weighted by Gasteiger charge is -2.19. The molecule has 0 aromatic heterocycles. The molecule has 0 aromatic carbocycles. The minimum atomic E-state index is -0.750. The van der Waals surface area contributed by atoms with Gasteiger partial charge in [0.25, 0.3) is 0 Å². The molecule has 2 unspecified atom stereocenters. The van der Waals surface area contributed by atoms with Crippen LogP contribution in [0.1, 0.15) is 59.3 Å². The Morgan fingerprint density at radius 3 is 2.33 bits per heavy atom. The van der Waals surface area contributed by atoms with E-state index in [1.807, 2.05) is 0 Å². The Labute approximate surface area is 128 Å². The van der Waals surface area contributed by atoms with Crippen molar-refractivity contribution in [1.82, 2.24) is 5.32 Å². The SMILES string of the molecule is CCCC(CCNC(=O)C(CN)CC(C)C)CCC(=O)O. The third-order valence-electron chi connectivity index (χ3n) is 3.73. The van der Waals surface area contributed by atoms with Crippen LogP contribution in [0.3, 0.4) is 0 Å². The minimum Gasteiger partial charge on any atom is -0.481 e. The first-order valence-corrected chi connectivity index (χ1v) is 8.10. The normalized spacial score (nSPS) is 14.0. The van der Waals surface area contributed by atoms with Gasteiger partial charge in [-0.25, -0.2) is 0 Å². The predicted molar refractivity (Wildman–Crippen MR) is 84.9 cm³/mol. The van der Waals surface area contributed by atoms with Crippen molar-refractivity contribution >= 4 is 11.9 Å². The molecule has 0 bridgehead atoms. The number of amides is 1. The van der Waals surface area contributed by atoms with E-state index in [4.69, 9.17) is 10.8 Å².